The van der Waals surface area contributed by atoms with Crippen LogP contribution < -0.4 is 15.1 Å². The summed E-state index contributed by atoms with van der Waals surface area (Å²) in [5, 5.41) is 15.1. The Labute approximate surface area is 240 Å². The van der Waals surface area contributed by atoms with E-state index in [9.17, 15) is 5.11 Å². The molecule has 3 aliphatic rings. The Bertz CT molecular complexity index is 1520. The number of allylic oxidation sites excluding steroid dienone is 2. The van der Waals surface area contributed by atoms with E-state index in [4.69, 9.17) is 21.6 Å². The summed E-state index contributed by atoms with van der Waals surface area (Å²) in [6, 6.07) is 9.97. The number of rotatable bonds is 6. The molecule has 2 N–H and O–H groups in total. The number of halogens is 2. The molecule has 3 fully saturated rings. The van der Waals surface area contributed by atoms with Crippen LogP contribution in [0.25, 0.3) is 22.6 Å². The lowest BCUT2D eigenvalue weighted by atomic mass is 9.79. The van der Waals surface area contributed by atoms with Crippen LogP contribution in [0.5, 0.6) is 0 Å². The van der Waals surface area contributed by atoms with Crippen molar-refractivity contribution in [2.75, 3.05) is 63.2 Å². The quantitative estimate of drug-likeness (QED) is 0.313. The number of aryl methyl sites for hydroxylation is 1. The largest absolute Gasteiger partial charge is 0.508 e. The zero-order valence-corrected chi connectivity index (χ0v) is 24.3. The van der Waals surface area contributed by atoms with Crippen LogP contribution >= 0.6 is 11.6 Å². The molecule has 9 heteroatoms. The first-order valence-corrected chi connectivity index (χ1v) is 14.2. The van der Waals surface area contributed by atoms with Gasteiger partial charge in [0.25, 0.3) is 0 Å². The van der Waals surface area contributed by atoms with Gasteiger partial charge in [-0.1, -0.05) is 35.9 Å². The summed E-state index contributed by atoms with van der Waals surface area (Å²) in [4.78, 5) is 16.2. The Morgan fingerprint density at radius 2 is 1.95 bits per heavy atom. The molecule has 0 unspecified atom stereocenters. The molecule has 0 saturated carbocycles. The van der Waals surface area contributed by atoms with Crippen molar-refractivity contribution in [3.05, 3.63) is 69.7 Å². The molecular formula is C31H36ClFN6O. The van der Waals surface area contributed by atoms with Gasteiger partial charge in [0.15, 0.2) is 5.82 Å². The minimum atomic E-state index is -0.493. The van der Waals surface area contributed by atoms with Crippen LogP contribution in [0.15, 0.2) is 42.2 Å². The predicted molar refractivity (Wildman–Crippen MR) is 162 cm³/mol. The van der Waals surface area contributed by atoms with Crippen molar-refractivity contribution >= 4 is 45.9 Å². The fourth-order valence-electron chi connectivity index (χ4n) is 6.08. The molecular weight excluding hydrogens is 527 g/mol. The summed E-state index contributed by atoms with van der Waals surface area (Å²) in [7, 11) is 4.13. The van der Waals surface area contributed by atoms with Crippen molar-refractivity contribution in [3.63, 3.8) is 0 Å². The number of anilines is 2. The van der Waals surface area contributed by atoms with Crippen LogP contribution in [-0.2, 0) is 0 Å². The van der Waals surface area contributed by atoms with Crippen LogP contribution in [0.1, 0.15) is 30.0 Å². The third kappa shape index (κ3) is 4.82. The molecule has 210 valence electrons. The van der Waals surface area contributed by atoms with Gasteiger partial charge in [0.2, 0.25) is 5.95 Å². The van der Waals surface area contributed by atoms with Crippen molar-refractivity contribution in [2.45, 2.75) is 26.3 Å². The number of aliphatic hydroxyl groups is 1. The summed E-state index contributed by atoms with van der Waals surface area (Å²) in [6.45, 7) is 9.11. The molecule has 0 aliphatic carbocycles. The highest BCUT2D eigenvalue weighted by Gasteiger charge is 2.46. The molecule has 0 atom stereocenters. The average molecular weight is 563 g/mol. The smallest absolute Gasteiger partial charge is 0.228 e. The number of fused-ring (bicyclic) bond motifs is 1. The van der Waals surface area contributed by atoms with Crippen LogP contribution in [0.3, 0.4) is 0 Å². The topological polar surface area (TPSA) is 67.8 Å². The van der Waals surface area contributed by atoms with E-state index >= 15 is 4.39 Å². The molecule has 0 amide bonds. The minimum Gasteiger partial charge on any atom is -0.508 e. The first-order chi connectivity index (χ1) is 19.1. The number of nitrogens with one attached hydrogen (secondary N) is 1. The number of aromatic nitrogens is 2. The summed E-state index contributed by atoms with van der Waals surface area (Å²) >= 11 is 6.74. The van der Waals surface area contributed by atoms with E-state index in [2.05, 4.69) is 34.1 Å². The number of likely N-dealkylation sites (N-methyl/N-ethyl adjacent to an activating group) is 1. The molecule has 3 saturated heterocycles. The van der Waals surface area contributed by atoms with E-state index in [0.29, 0.717) is 22.9 Å². The fourth-order valence-corrected chi connectivity index (χ4v) is 6.42. The molecule has 40 heavy (non-hydrogen) atoms. The van der Waals surface area contributed by atoms with E-state index in [1.807, 2.05) is 31.2 Å². The van der Waals surface area contributed by atoms with Crippen molar-refractivity contribution in [1.82, 2.24) is 20.2 Å². The van der Waals surface area contributed by atoms with Gasteiger partial charge in [-0.15, -0.1) is 0 Å². The number of hydrogen-bond acceptors (Lipinski definition) is 7. The maximum Gasteiger partial charge on any atom is 0.228 e. The Hall–Kier alpha value is -3.20. The molecule has 7 nitrogen and oxygen atoms in total. The third-order valence-electron chi connectivity index (χ3n) is 8.66. The molecule has 3 aliphatic heterocycles. The average Bonchev–Trinajstić information content (AvgIpc) is 3.34. The summed E-state index contributed by atoms with van der Waals surface area (Å²) in [5.41, 5.74) is 3.21. The maximum atomic E-state index is 16.4. The second-order valence-electron chi connectivity index (χ2n) is 11.8. The second kappa shape index (κ2) is 10.3. The lowest BCUT2D eigenvalue weighted by Gasteiger charge is -2.49. The van der Waals surface area contributed by atoms with Gasteiger partial charge in [0.1, 0.15) is 17.1 Å². The Kier molecular flexibility index (Phi) is 6.97. The maximum absolute atomic E-state index is 16.4. The van der Waals surface area contributed by atoms with Crippen LogP contribution in [0.2, 0.25) is 5.02 Å². The summed E-state index contributed by atoms with van der Waals surface area (Å²) in [6.07, 6.45) is 4.36. The van der Waals surface area contributed by atoms with Crippen molar-refractivity contribution in [1.29, 1.82) is 0 Å². The van der Waals surface area contributed by atoms with Gasteiger partial charge < -0.3 is 25.1 Å². The van der Waals surface area contributed by atoms with Gasteiger partial charge in [-0.2, -0.15) is 4.98 Å². The van der Waals surface area contributed by atoms with Crippen LogP contribution in [-0.4, -0.2) is 79.4 Å². The van der Waals surface area contributed by atoms with E-state index < -0.39 is 5.82 Å². The Balaban J connectivity index is 1.40. The third-order valence-corrected chi connectivity index (χ3v) is 8.96. The van der Waals surface area contributed by atoms with Gasteiger partial charge in [0.05, 0.1) is 5.02 Å². The lowest BCUT2D eigenvalue weighted by Crippen LogP contribution is -2.59. The van der Waals surface area contributed by atoms with Crippen molar-refractivity contribution < 1.29 is 9.50 Å². The second-order valence-corrected chi connectivity index (χ2v) is 12.3. The monoisotopic (exact) mass is 562 g/mol. The zero-order valence-electron chi connectivity index (χ0n) is 23.5. The Morgan fingerprint density at radius 1 is 1.20 bits per heavy atom. The van der Waals surface area contributed by atoms with Crippen molar-refractivity contribution in [3.8, 4) is 0 Å². The normalized spacial score (nSPS) is 19.6. The van der Waals surface area contributed by atoms with Crippen LogP contribution in [0, 0.1) is 18.2 Å². The van der Waals surface area contributed by atoms with E-state index in [1.54, 1.807) is 25.1 Å². The molecule has 2 aromatic carbocycles. The SMILES string of the molecule is C/C(=C\C(O)=C/c1ccccc1C)c1c(Cl)cc2c(N3CC4(CCNC4)C3)nc(N3CC(N(C)C)C3)nc2c1F. The van der Waals surface area contributed by atoms with Crippen molar-refractivity contribution in [2.24, 2.45) is 5.41 Å². The first-order valence-electron chi connectivity index (χ1n) is 13.9. The lowest BCUT2D eigenvalue weighted by molar-refractivity contribution is 0.240. The van der Waals surface area contributed by atoms with Gasteiger partial charge in [-0.25, -0.2) is 9.37 Å². The van der Waals surface area contributed by atoms with Gasteiger partial charge in [-0.05, 0) is 75.8 Å². The van der Waals surface area contributed by atoms with E-state index in [-0.39, 0.29) is 27.3 Å². The number of nitrogens with zero attached hydrogens (tertiary/aromatic N) is 5. The molecule has 1 spiro atoms. The summed E-state index contributed by atoms with van der Waals surface area (Å²) < 4.78 is 16.4. The Morgan fingerprint density at radius 3 is 2.62 bits per heavy atom. The van der Waals surface area contributed by atoms with Gasteiger partial charge >= 0.3 is 0 Å². The zero-order chi connectivity index (χ0) is 28.2. The highest BCUT2D eigenvalue weighted by Crippen LogP contribution is 2.43. The molecule has 0 radical (unpaired) electrons. The van der Waals surface area contributed by atoms with Crippen LogP contribution in [0.4, 0.5) is 16.2 Å². The number of hydrogen-bond donors (Lipinski definition) is 2. The molecule has 1 aromatic heterocycles. The van der Waals surface area contributed by atoms with Gasteiger partial charge in [0, 0.05) is 55.1 Å². The molecule has 4 heterocycles. The predicted octanol–water partition coefficient (Wildman–Crippen LogP) is 5.28. The minimum absolute atomic E-state index is 0.0257. The number of benzene rings is 2. The van der Waals surface area contributed by atoms with Gasteiger partial charge in [-0.3, -0.25) is 0 Å². The standard InChI is InChI=1S/C31H36ClFN6O/c1-19-7-5-6-8-21(19)12-23(40)11-20(2)26-25(32)13-24-28(27(26)33)35-30(38-14-22(15-38)37(3)4)36-29(24)39-17-31(18-39)9-10-34-16-31/h5-8,11-13,22,34,40H,9-10,14-18H2,1-4H3/b20-11+,23-12+. The molecule has 0 bridgehead atoms. The first kappa shape index (κ1) is 27.0. The fraction of sp³-hybridized carbons (Fsp3) is 0.419. The highest BCUT2D eigenvalue weighted by molar-refractivity contribution is 6.33. The molecule has 3 aromatic rings. The number of aliphatic hydroxyl groups excluding tert-OH is 1. The van der Waals surface area contributed by atoms with E-state index in [0.717, 1.165) is 62.6 Å². The summed E-state index contributed by atoms with van der Waals surface area (Å²) in [5.74, 6) is 0.814. The highest BCUT2D eigenvalue weighted by atomic mass is 35.5. The van der Waals surface area contributed by atoms with E-state index in [1.165, 1.54) is 0 Å². The molecule has 6 rings (SSSR count).